The molecule has 0 saturated heterocycles. The molecule has 0 aliphatic carbocycles. The third-order valence-corrected chi connectivity index (χ3v) is 4.17. The van der Waals surface area contributed by atoms with Crippen molar-refractivity contribution in [2.75, 3.05) is 0 Å². The zero-order valence-electron chi connectivity index (χ0n) is 12.0. The van der Waals surface area contributed by atoms with E-state index in [9.17, 15) is 10.0 Å². The van der Waals surface area contributed by atoms with Gasteiger partial charge in [-0.25, -0.2) is 0 Å². The van der Waals surface area contributed by atoms with Crippen molar-refractivity contribution in [1.82, 2.24) is 0 Å². The summed E-state index contributed by atoms with van der Waals surface area (Å²) in [6.45, 7) is 7.92. The topological polar surface area (TPSA) is 40.5 Å². The fourth-order valence-electron chi connectivity index (χ4n) is 2.08. The monoisotopic (exact) mass is 276 g/mol. The second-order valence-corrected chi connectivity index (χ2v) is 4.93. The first-order chi connectivity index (χ1) is 9.19. The van der Waals surface area contributed by atoms with Gasteiger partial charge in [0.25, 0.3) is 0 Å². The van der Waals surface area contributed by atoms with Crippen LogP contribution >= 0.6 is 11.3 Å². The Hall–Kier alpha value is -1.10. The molecule has 0 bridgehead atoms. The van der Waals surface area contributed by atoms with Gasteiger partial charge in [-0.1, -0.05) is 45.0 Å². The summed E-state index contributed by atoms with van der Waals surface area (Å²) in [6, 6.07) is 8.18. The molecule has 2 rings (SSSR count). The highest BCUT2D eigenvalue weighted by atomic mass is 32.1. The minimum atomic E-state index is -1.40. The summed E-state index contributed by atoms with van der Waals surface area (Å²) in [4.78, 5) is 0.992. The van der Waals surface area contributed by atoms with Crippen LogP contribution in [-0.2, 0) is 6.42 Å². The average Bonchev–Trinajstić information content (AvgIpc) is 2.79. The molecule has 0 unspecified atom stereocenters. The molecule has 0 atom stereocenters. The Balaban J connectivity index is 0.000000861. The van der Waals surface area contributed by atoms with Gasteiger partial charge in [-0.15, -0.1) is 11.3 Å². The van der Waals surface area contributed by atoms with Crippen LogP contribution in [0.15, 0.2) is 30.3 Å². The lowest BCUT2D eigenvalue weighted by Gasteiger charge is -2.05. The lowest BCUT2D eigenvalue weighted by atomic mass is 9.77. The van der Waals surface area contributed by atoms with Gasteiger partial charge in [0.05, 0.1) is 0 Å². The van der Waals surface area contributed by atoms with Crippen LogP contribution in [-0.4, -0.2) is 17.2 Å². The van der Waals surface area contributed by atoms with Gasteiger partial charge in [0, 0.05) is 9.58 Å². The highest BCUT2D eigenvalue weighted by molar-refractivity contribution is 7.21. The number of thiophene rings is 1. The number of hydrogen-bond donors (Lipinski definition) is 2. The highest BCUT2D eigenvalue weighted by Crippen LogP contribution is 2.36. The quantitative estimate of drug-likeness (QED) is 0.834. The molecule has 0 aliphatic rings. The number of rotatable bonds is 3. The fourth-order valence-corrected chi connectivity index (χ4v) is 3.47. The van der Waals surface area contributed by atoms with Crippen LogP contribution in [0.4, 0.5) is 0 Å². The van der Waals surface area contributed by atoms with E-state index in [0.29, 0.717) is 5.47 Å². The molecule has 0 aliphatic heterocycles. The van der Waals surface area contributed by atoms with Gasteiger partial charge in [0.2, 0.25) is 0 Å². The van der Waals surface area contributed by atoms with Crippen LogP contribution in [0.2, 0.25) is 0 Å². The number of allylic oxidation sites excluding steroid dienone is 1. The molecule has 102 valence electrons. The first kappa shape index (κ1) is 16.0. The van der Waals surface area contributed by atoms with E-state index in [2.05, 4.69) is 19.1 Å². The zero-order chi connectivity index (χ0) is 14.4. The Labute approximate surface area is 119 Å². The highest BCUT2D eigenvalue weighted by Gasteiger charge is 2.21. The molecule has 0 radical (unpaired) electrons. The minimum absolute atomic E-state index is 0.600. The Morgan fingerprint density at radius 2 is 1.89 bits per heavy atom. The smallest absolute Gasteiger partial charge is 0.423 e. The maximum absolute atomic E-state index is 9.40. The van der Waals surface area contributed by atoms with Crippen LogP contribution in [0.5, 0.6) is 0 Å². The van der Waals surface area contributed by atoms with Crippen LogP contribution in [0.3, 0.4) is 0 Å². The first-order valence-corrected chi connectivity index (χ1v) is 7.53. The van der Waals surface area contributed by atoms with Crippen molar-refractivity contribution in [2.45, 2.75) is 34.1 Å². The normalized spacial score (nSPS) is 11.2. The van der Waals surface area contributed by atoms with Crippen molar-refractivity contribution >= 4 is 34.0 Å². The lowest BCUT2D eigenvalue weighted by molar-refractivity contribution is 0.427. The minimum Gasteiger partial charge on any atom is -0.423 e. The standard InChI is InChI=1S/C13H15BO2S.C2H6/c1-3-9-10-7-5-6-8-12(10)17-13(9)11(4-2)14(15)16;1-2/h4-8,15-16H,3H2,1-2H3;1-2H3/b11-4+;. The summed E-state index contributed by atoms with van der Waals surface area (Å²) >= 11 is 1.62. The van der Waals surface area contributed by atoms with E-state index in [1.165, 1.54) is 15.6 Å². The molecule has 4 heteroatoms. The van der Waals surface area contributed by atoms with Gasteiger partial charge in [0.1, 0.15) is 0 Å². The van der Waals surface area contributed by atoms with Crippen molar-refractivity contribution in [3.8, 4) is 0 Å². The third-order valence-electron chi connectivity index (χ3n) is 2.90. The number of fused-ring (bicyclic) bond motifs is 1. The molecule has 0 amide bonds. The SMILES string of the molecule is C/C=C(/B(O)O)c1sc2ccccc2c1CC.CC. The van der Waals surface area contributed by atoms with Crippen molar-refractivity contribution < 1.29 is 10.0 Å². The Morgan fingerprint density at radius 3 is 2.42 bits per heavy atom. The summed E-state index contributed by atoms with van der Waals surface area (Å²) in [6.07, 6.45) is 2.66. The molecule has 2 nitrogen and oxygen atoms in total. The second-order valence-electron chi connectivity index (χ2n) is 3.88. The molecule has 0 saturated carbocycles. The van der Waals surface area contributed by atoms with Crippen molar-refractivity contribution in [3.63, 3.8) is 0 Å². The third kappa shape index (κ3) is 3.27. The first-order valence-electron chi connectivity index (χ1n) is 6.72. The molecular weight excluding hydrogens is 255 g/mol. The van der Waals surface area contributed by atoms with Crippen LogP contribution in [0.25, 0.3) is 15.6 Å². The van der Waals surface area contributed by atoms with Gasteiger partial charge < -0.3 is 10.0 Å². The Kier molecular flexibility index (Phi) is 6.29. The van der Waals surface area contributed by atoms with Crippen LogP contribution in [0.1, 0.15) is 38.1 Å². The Bertz CT molecular complexity index is 558. The average molecular weight is 276 g/mol. The predicted molar refractivity (Wildman–Crippen MR) is 86.4 cm³/mol. The molecule has 19 heavy (non-hydrogen) atoms. The van der Waals surface area contributed by atoms with E-state index in [0.717, 1.165) is 11.3 Å². The van der Waals surface area contributed by atoms with Gasteiger partial charge in [-0.2, -0.15) is 0 Å². The fraction of sp³-hybridized carbons (Fsp3) is 0.333. The number of aryl methyl sites for hydroxylation is 1. The molecule has 1 aromatic carbocycles. The molecule has 2 N–H and O–H groups in total. The summed E-state index contributed by atoms with van der Waals surface area (Å²) in [7, 11) is -1.40. The second kappa shape index (κ2) is 7.48. The van der Waals surface area contributed by atoms with Gasteiger partial charge >= 0.3 is 7.12 Å². The zero-order valence-corrected chi connectivity index (χ0v) is 12.8. The maximum Gasteiger partial charge on any atom is 0.489 e. The van der Waals surface area contributed by atoms with Crippen molar-refractivity contribution in [2.24, 2.45) is 0 Å². The van der Waals surface area contributed by atoms with E-state index in [1.807, 2.05) is 32.9 Å². The molecule has 1 heterocycles. The Morgan fingerprint density at radius 1 is 1.26 bits per heavy atom. The molecular formula is C15H21BO2S. The lowest BCUT2D eigenvalue weighted by Crippen LogP contribution is -2.14. The van der Waals surface area contributed by atoms with Crippen molar-refractivity contribution in [3.05, 3.63) is 40.8 Å². The predicted octanol–water partition coefficient (Wildman–Crippen LogP) is 3.91. The van der Waals surface area contributed by atoms with Crippen molar-refractivity contribution in [1.29, 1.82) is 0 Å². The van der Waals surface area contributed by atoms with Gasteiger partial charge in [0.15, 0.2) is 0 Å². The maximum atomic E-state index is 9.40. The number of benzene rings is 1. The summed E-state index contributed by atoms with van der Waals surface area (Å²) in [5, 5.41) is 20.0. The summed E-state index contributed by atoms with van der Waals surface area (Å²) < 4.78 is 1.19. The van der Waals surface area contributed by atoms with E-state index in [1.54, 1.807) is 17.4 Å². The van der Waals surface area contributed by atoms with Gasteiger partial charge in [-0.3, -0.25) is 0 Å². The largest absolute Gasteiger partial charge is 0.489 e. The van der Waals surface area contributed by atoms with E-state index >= 15 is 0 Å². The van der Waals surface area contributed by atoms with Gasteiger partial charge in [-0.05, 0) is 35.8 Å². The van der Waals surface area contributed by atoms with E-state index in [-0.39, 0.29) is 0 Å². The van der Waals surface area contributed by atoms with Crippen LogP contribution in [0, 0.1) is 0 Å². The molecule has 0 spiro atoms. The summed E-state index contributed by atoms with van der Waals surface area (Å²) in [5.74, 6) is 0. The molecule has 1 aromatic heterocycles. The molecule has 0 fully saturated rings. The van der Waals surface area contributed by atoms with E-state index in [4.69, 9.17) is 0 Å². The van der Waals surface area contributed by atoms with Crippen LogP contribution < -0.4 is 0 Å². The molecule has 2 aromatic rings. The summed E-state index contributed by atoms with van der Waals surface area (Å²) in [5.41, 5.74) is 1.80. The number of hydrogen-bond acceptors (Lipinski definition) is 3. The van der Waals surface area contributed by atoms with E-state index < -0.39 is 7.12 Å².